The van der Waals surface area contributed by atoms with Crippen molar-refractivity contribution < 1.29 is 28.6 Å². The molecule has 1 aromatic rings. The first kappa shape index (κ1) is 22.2. The Morgan fingerprint density at radius 2 is 2.07 bits per heavy atom. The number of thioether (sulfide) groups is 1. The molecule has 2 amide bonds. The number of halogens is 2. The molecule has 1 fully saturated rings. The fourth-order valence-electron chi connectivity index (χ4n) is 2.82. The van der Waals surface area contributed by atoms with Crippen molar-refractivity contribution in [2.24, 2.45) is 0 Å². The summed E-state index contributed by atoms with van der Waals surface area (Å²) in [4.78, 5) is 23.9. The van der Waals surface area contributed by atoms with Crippen molar-refractivity contribution in [3.05, 3.63) is 48.0 Å². The van der Waals surface area contributed by atoms with Crippen LogP contribution in [0.4, 0.5) is 13.6 Å². The number of aliphatic hydroxyl groups excluding tert-OH is 1. The van der Waals surface area contributed by atoms with Crippen LogP contribution in [0, 0.1) is 0 Å². The number of nitrogens with one attached hydrogen (secondary N) is 1. The van der Waals surface area contributed by atoms with Crippen molar-refractivity contribution in [3.63, 3.8) is 0 Å². The monoisotopic (exact) mass is 414 g/mol. The third kappa shape index (κ3) is 6.20. The smallest absolute Gasteiger partial charge is 0.318 e. The van der Waals surface area contributed by atoms with E-state index in [1.165, 1.54) is 47.0 Å². The van der Waals surface area contributed by atoms with Crippen LogP contribution in [0.25, 0.3) is 0 Å². The number of nitrogens with zero attached hydrogens (tertiary/aromatic N) is 1. The molecule has 1 aromatic carbocycles. The number of benzene rings is 1. The van der Waals surface area contributed by atoms with E-state index in [4.69, 9.17) is 5.11 Å². The maximum absolute atomic E-state index is 14.3. The highest BCUT2D eigenvalue weighted by molar-refractivity contribution is 7.99. The molecule has 0 bridgehead atoms. The Bertz CT molecular complexity index is 688. The molecule has 1 saturated heterocycles. The molecule has 28 heavy (non-hydrogen) atoms. The zero-order valence-electron chi connectivity index (χ0n) is 15.3. The number of aliphatic carboxylic acids is 1. The molecule has 2 atom stereocenters. The van der Waals surface area contributed by atoms with Gasteiger partial charge in [0, 0.05) is 18.7 Å². The number of hydrogen-bond donors (Lipinski definition) is 3. The van der Waals surface area contributed by atoms with Gasteiger partial charge in [-0.2, -0.15) is 20.5 Å². The van der Waals surface area contributed by atoms with E-state index in [-0.39, 0.29) is 23.9 Å². The number of aliphatic hydroxyl groups is 1. The first-order valence-corrected chi connectivity index (χ1v) is 10.1. The van der Waals surface area contributed by atoms with Crippen molar-refractivity contribution in [2.75, 3.05) is 24.6 Å². The fraction of sp³-hybridized carbons (Fsp3) is 0.474. The van der Waals surface area contributed by atoms with Gasteiger partial charge in [-0.25, -0.2) is 4.79 Å². The largest absolute Gasteiger partial charge is 0.481 e. The van der Waals surface area contributed by atoms with Crippen LogP contribution in [0.2, 0.25) is 0 Å². The zero-order valence-corrected chi connectivity index (χ0v) is 16.1. The maximum atomic E-state index is 14.3. The summed E-state index contributed by atoms with van der Waals surface area (Å²) in [6.07, 6.45) is 1.88. The minimum Gasteiger partial charge on any atom is -0.481 e. The number of hydrogen-bond acceptors (Lipinski definition) is 4. The van der Waals surface area contributed by atoms with E-state index in [0.717, 1.165) is 12.5 Å². The summed E-state index contributed by atoms with van der Waals surface area (Å²) in [5.74, 6) is -3.58. The van der Waals surface area contributed by atoms with Crippen LogP contribution in [0.3, 0.4) is 0 Å². The van der Waals surface area contributed by atoms with E-state index in [1.807, 2.05) is 0 Å². The SMILES string of the molecule is O=C(O)CSCCCCN1C(=O)NCC1C=CC(O)C(F)(F)c1ccccc1. The molecule has 3 N–H and O–H groups in total. The highest BCUT2D eigenvalue weighted by Crippen LogP contribution is 2.32. The van der Waals surface area contributed by atoms with Gasteiger partial charge in [0.05, 0.1) is 11.8 Å². The summed E-state index contributed by atoms with van der Waals surface area (Å²) in [5, 5.41) is 21.2. The summed E-state index contributed by atoms with van der Waals surface area (Å²) in [6, 6.07) is 6.40. The summed E-state index contributed by atoms with van der Waals surface area (Å²) in [5.41, 5.74) is -0.275. The van der Waals surface area contributed by atoms with Crippen LogP contribution < -0.4 is 5.32 Å². The van der Waals surface area contributed by atoms with Crippen LogP contribution in [0.15, 0.2) is 42.5 Å². The normalized spacial score (nSPS) is 18.5. The predicted octanol–water partition coefficient (Wildman–Crippen LogP) is 2.69. The molecule has 154 valence electrons. The van der Waals surface area contributed by atoms with Gasteiger partial charge in [0.1, 0.15) is 6.10 Å². The van der Waals surface area contributed by atoms with Gasteiger partial charge in [0.15, 0.2) is 0 Å². The second-order valence-corrected chi connectivity index (χ2v) is 7.52. The number of carboxylic acids is 1. The van der Waals surface area contributed by atoms with Crippen molar-refractivity contribution in [1.82, 2.24) is 10.2 Å². The fourth-order valence-corrected chi connectivity index (χ4v) is 3.55. The van der Waals surface area contributed by atoms with Gasteiger partial charge in [-0.05, 0) is 18.6 Å². The average molecular weight is 414 g/mol. The second kappa shape index (κ2) is 10.4. The maximum Gasteiger partial charge on any atom is 0.318 e. The first-order chi connectivity index (χ1) is 13.3. The minimum absolute atomic E-state index is 0.0447. The van der Waals surface area contributed by atoms with Gasteiger partial charge in [-0.3, -0.25) is 4.79 Å². The number of alkyl halides is 2. The number of carbonyl (C=O) groups is 2. The molecule has 0 radical (unpaired) electrons. The van der Waals surface area contributed by atoms with Crippen LogP contribution in [0.1, 0.15) is 18.4 Å². The molecule has 0 saturated carbocycles. The van der Waals surface area contributed by atoms with Gasteiger partial charge < -0.3 is 20.4 Å². The van der Waals surface area contributed by atoms with Crippen LogP contribution in [0.5, 0.6) is 0 Å². The van der Waals surface area contributed by atoms with Gasteiger partial charge in [-0.1, -0.05) is 42.5 Å². The molecule has 1 heterocycles. The Hall–Kier alpha value is -2.13. The van der Waals surface area contributed by atoms with E-state index >= 15 is 0 Å². The van der Waals surface area contributed by atoms with Crippen LogP contribution in [-0.4, -0.2) is 63.9 Å². The topological polar surface area (TPSA) is 89.9 Å². The standard InChI is InChI=1S/C19H24F2N2O4S/c20-19(21,14-6-2-1-3-7-14)16(24)9-8-15-12-22-18(27)23(15)10-4-5-11-28-13-17(25)26/h1-3,6-9,15-16,24H,4-5,10-13H2,(H,22,27)(H,25,26). The lowest BCUT2D eigenvalue weighted by Gasteiger charge is -2.23. The van der Waals surface area contributed by atoms with Crippen molar-refractivity contribution in [2.45, 2.75) is 30.9 Å². The molecule has 1 aliphatic rings. The van der Waals surface area contributed by atoms with E-state index < -0.39 is 24.0 Å². The summed E-state index contributed by atoms with van der Waals surface area (Å²) >= 11 is 1.31. The van der Waals surface area contributed by atoms with Crippen molar-refractivity contribution >= 4 is 23.8 Å². The lowest BCUT2D eigenvalue weighted by atomic mass is 10.0. The number of carboxylic acid groups (broad SMARTS) is 1. The Balaban J connectivity index is 1.87. The van der Waals surface area contributed by atoms with E-state index in [9.17, 15) is 23.5 Å². The van der Waals surface area contributed by atoms with Gasteiger partial charge in [0.2, 0.25) is 0 Å². The lowest BCUT2D eigenvalue weighted by Crippen LogP contribution is -2.35. The van der Waals surface area contributed by atoms with E-state index in [1.54, 1.807) is 6.07 Å². The molecule has 0 aromatic heterocycles. The van der Waals surface area contributed by atoms with Gasteiger partial charge in [-0.15, -0.1) is 0 Å². The molecular weight excluding hydrogens is 390 g/mol. The molecule has 6 nitrogen and oxygen atoms in total. The first-order valence-electron chi connectivity index (χ1n) is 8.96. The van der Waals surface area contributed by atoms with Crippen LogP contribution in [-0.2, 0) is 10.7 Å². The summed E-state index contributed by atoms with van der Waals surface area (Å²) < 4.78 is 28.7. The van der Waals surface area contributed by atoms with Crippen molar-refractivity contribution in [1.29, 1.82) is 0 Å². The molecular formula is C19H24F2N2O4S. The van der Waals surface area contributed by atoms with Crippen molar-refractivity contribution in [3.8, 4) is 0 Å². The minimum atomic E-state index is -3.43. The quantitative estimate of drug-likeness (QED) is 0.383. The molecule has 2 rings (SSSR count). The molecule has 9 heteroatoms. The molecule has 2 unspecified atom stereocenters. The van der Waals surface area contributed by atoms with Crippen LogP contribution >= 0.6 is 11.8 Å². The third-order valence-electron chi connectivity index (χ3n) is 4.33. The Kier molecular flexibility index (Phi) is 8.25. The summed E-state index contributed by atoms with van der Waals surface area (Å²) in [7, 11) is 0. The Labute approximate surface area is 166 Å². The number of carbonyl (C=O) groups excluding carboxylic acids is 1. The Morgan fingerprint density at radius 3 is 2.75 bits per heavy atom. The Morgan fingerprint density at radius 1 is 1.36 bits per heavy atom. The summed E-state index contributed by atoms with van der Waals surface area (Å²) in [6.45, 7) is 0.715. The average Bonchev–Trinajstić information content (AvgIpc) is 3.02. The van der Waals surface area contributed by atoms with E-state index in [2.05, 4.69) is 5.32 Å². The highest BCUT2D eigenvalue weighted by Gasteiger charge is 2.39. The van der Waals surface area contributed by atoms with E-state index in [0.29, 0.717) is 18.7 Å². The number of rotatable bonds is 11. The number of unbranched alkanes of at least 4 members (excludes halogenated alkanes) is 1. The second-order valence-electron chi connectivity index (χ2n) is 6.42. The van der Waals surface area contributed by atoms with Gasteiger partial charge >= 0.3 is 17.9 Å². The molecule has 1 aliphatic heterocycles. The lowest BCUT2D eigenvalue weighted by molar-refractivity contribution is -0.133. The zero-order chi connectivity index (χ0) is 20.6. The third-order valence-corrected chi connectivity index (χ3v) is 5.36. The number of urea groups is 1. The molecule has 0 aliphatic carbocycles. The predicted molar refractivity (Wildman–Crippen MR) is 104 cm³/mol. The van der Waals surface area contributed by atoms with Gasteiger partial charge in [0.25, 0.3) is 0 Å². The molecule has 0 spiro atoms. The highest BCUT2D eigenvalue weighted by atomic mass is 32.2. The number of amides is 2.